The van der Waals surface area contributed by atoms with Crippen LogP contribution in [0.4, 0.5) is 0 Å². The largest absolute Gasteiger partial charge is 0.497 e. The molecule has 0 aliphatic carbocycles. The van der Waals surface area contributed by atoms with Crippen molar-refractivity contribution in [1.29, 1.82) is 0 Å². The second kappa shape index (κ2) is 7.40. The summed E-state index contributed by atoms with van der Waals surface area (Å²) in [6, 6.07) is 5.67. The van der Waals surface area contributed by atoms with Crippen LogP contribution < -0.4 is 4.74 Å². The highest BCUT2D eigenvalue weighted by Gasteiger charge is 2.30. The van der Waals surface area contributed by atoms with Crippen LogP contribution in [0.15, 0.2) is 22.6 Å². The van der Waals surface area contributed by atoms with Crippen molar-refractivity contribution in [2.75, 3.05) is 13.7 Å². The average molecular weight is 359 g/mol. The van der Waals surface area contributed by atoms with Crippen molar-refractivity contribution in [3.05, 3.63) is 29.5 Å². The van der Waals surface area contributed by atoms with Crippen molar-refractivity contribution in [2.24, 2.45) is 0 Å². The second-order valence-corrected chi connectivity index (χ2v) is 6.92. The number of amides is 1. The van der Waals surface area contributed by atoms with Gasteiger partial charge in [0.2, 0.25) is 5.76 Å². The predicted octanol–water partition coefficient (Wildman–Crippen LogP) is 3.70. The van der Waals surface area contributed by atoms with Crippen LogP contribution in [-0.4, -0.2) is 42.6 Å². The molecule has 1 aliphatic rings. The molecule has 1 aliphatic heterocycles. The van der Waals surface area contributed by atoms with Crippen LogP contribution in [0.3, 0.4) is 0 Å². The average Bonchev–Trinajstić information content (AvgIpc) is 2.95. The summed E-state index contributed by atoms with van der Waals surface area (Å²) < 4.78 is 16.1. The fourth-order valence-corrected chi connectivity index (χ4v) is 3.70. The molecule has 1 fully saturated rings. The molecule has 3 rings (SSSR count). The number of nitrogens with zero attached hydrogens (tertiary/aromatic N) is 1. The summed E-state index contributed by atoms with van der Waals surface area (Å²) >= 11 is 0. The Balaban J connectivity index is 1.71. The molecule has 1 aromatic carbocycles. The van der Waals surface area contributed by atoms with Gasteiger partial charge in [-0.05, 0) is 58.2 Å². The molecule has 2 heterocycles. The van der Waals surface area contributed by atoms with E-state index >= 15 is 0 Å². The van der Waals surface area contributed by atoms with Gasteiger partial charge < -0.3 is 18.8 Å². The molecule has 6 nitrogen and oxygen atoms in total. The van der Waals surface area contributed by atoms with E-state index in [1.165, 1.54) is 0 Å². The molecule has 2 aromatic rings. The number of carbonyl (C=O) groups is 2. The van der Waals surface area contributed by atoms with E-state index in [1.807, 2.05) is 24.8 Å². The Hall–Kier alpha value is -2.50. The molecule has 0 saturated carbocycles. The van der Waals surface area contributed by atoms with E-state index in [2.05, 4.69) is 0 Å². The van der Waals surface area contributed by atoms with Gasteiger partial charge in [0.1, 0.15) is 11.3 Å². The summed E-state index contributed by atoms with van der Waals surface area (Å²) in [4.78, 5) is 26.7. The third kappa shape index (κ3) is 3.41. The molecular formula is C20H25NO5. The number of ether oxygens (including phenoxy) is 2. The van der Waals surface area contributed by atoms with Crippen molar-refractivity contribution < 1.29 is 23.5 Å². The smallest absolute Gasteiger partial charge is 0.375 e. The maximum Gasteiger partial charge on any atom is 0.375 e. The number of methoxy groups -OCH3 is 1. The molecule has 6 heteroatoms. The molecular weight excluding hydrogens is 334 g/mol. The van der Waals surface area contributed by atoms with E-state index in [0.29, 0.717) is 16.9 Å². The van der Waals surface area contributed by atoms with Crippen LogP contribution >= 0.6 is 0 Å². The zero-order valence-electron chi connectivity index (χ0n) is 15.7. The molecule has 1 saturated heterocycles. The monoisotopic (exact) mass is 359 g/mol. The number of furan rings is 1. The number of fused-ring (bicyclic) bond motifs is 1. The number of piperidine rings is 1. The Morgan fingerprint density at radius 2 is 1.92 bits per heavy atom. The van der Waals surface area contributed by atoms with Crippen LogP contribution in [0.1, 0.15) is 49.2 Å². The summed E-state index contributed by atoms with van der Waals surface area (Å²) in [5.74, 6) is 0.0298. The Kier molecular flexibility index (Phi) is 5.20. The molecule has 1 aromatic heterocycles. The zero-order valence-corrected chi connectivity index (χ0v) is 15.7. The number of benzene rings is 1. The quantitative estimate of drug-likeness (QED) is 0.779. The van der Waals surface area contributed by atoms with Gasteiger partial charge in [0.15, 0.2) is 6.61 Å². The standard InChI is InChI=1S/C20H25NO5/c1-12-6-5-7-13(2)21(12)18(22)11-25-20(23)19-14(3)16-10-15(24-4)8-9-17(16)26-19/h8-10,12-13H,5-7,11H2,1-4H3/t12-,13+. The van der Waals surface area contributed by atoms with Crippen LogP contribution in [0.5, 0.6) is 5.75 Å². The van der Waals surface area contributed by atoms with Crippen LogP contribution in [0.25, 0.3) is 11.0 Å². The fourth-order valence-electron chi connectivity index (χ4n) is 3.70. The Bertz CT molecular complexity index is 815. The number of aryl methyl sites for hydroxylation is 1. The highest BCUT2D eigenvalue weighted by Crippen LogP contribution is 2.29. The van der Waals surface area contributed by atoms with Gasteiger partial charge >= 0.3 is 5.97 Å². The Morgan fingerprint density at radius 3 is 2.58 bits per heavy atom. The van der Waals surface area contributed by atoms with Gasteiger partial charge in [0.25, 0.3) is 5.91 Å². The first-order valence-corrected chi connectivity index (χ1v) is 8.97. The van der Waals surface area contributed by atoms with Crippen molar-refractivity contribution in [3.63, 3.8) is 0 Å². The molecule has 0 radical (unpaired) electrons. The normalized spacial score (nSPS) is 20.2. The number of esters is 1. The van der Waals surface area contributed by atoms with E-state index < -0.39 is 5.97 Å². The maximum atomic E-state index is 12.5. The predicted molar refractivity (Wildman–Crippen MR) is 97.4 cm³/mol. The third-order valence-corrected chi connectivity index (χ3v) is 5.14. The minimum atomic E-state index is -0.622. The first kappa shape index (κ1) is 18.3. The van der Waals surface area contributed by atoms with Crippen LogP contribution in [-0.2, 0) is 9.53 Å². The Morgan fingerprint density at radius 1 is 1.23 bits per heavy atom. The maximum absolute atomic E-state index is 12.5. The van der Waals surface area contributed by atoms with Crippen LogP contribution in [0.2, 0.25) is 0 Å². The molecule has 26 heavy (non-hydrogen) atoms. The summed E-state index contributed by atoms with van der Waals surface area (Å²) in [5, 5.41) is 0.793. The van der Waals surface area contributed by atoms with Crippen LogP contribution in [0, 0.1) is 6.92 Å². The molecule has 140 valence electrons. The summed E-state index contributed by atoms with van der Waals surface area (Å²) in [7, 11) is 1.58. The zero-order chi connectivity index (χ0) is 18.8. The number of hydrogen-bond donors (Lipinski definition) is 0. The summed E-state index contributed by atoms with van der Waals surface area (Å²) in [5.41, 5.74) is 1.26. The van der Waals surface area contributed by atoms with Gasteiger partial charge in [0, 0.05) is 23.0 Å². The highest BCUT2D eigenvalue weighted by molar-refractivity contribution is 5.97. The highest BCUT2D eigenvalue weighted by atomic mass is 16.5. The first-order valence-electron chi connectivity index (χ1n) is 8.97. The van der Waals surface area contributed by atoms with Gasteiger partial charge in [-0.1, -0.05) is 0 Å². The lowest BCUT2D eigenvalue weighted by molar-refractivity contribution is -0.140. The topological polar surface area (TPSA) is 69.0 Å². The Labute approximate surface area is 153 Å². The molecule has 0 bridgehead atoms. The molecule has 0 N–H and O–H groups in total. The van der Waals surface area contributed by atoms with E-state index in [1.54, 1.807) is 26.2 Å². The van der Waals surface area contributed by atoms with E-state index in [-0.39, 0.29) is 30.4 Å². The van der Waals surface area contributed by atoms with E-state index in [9.17, 15) is 9.59 Å². The SMILES string of the molecule is COc1ccc2oc(C(=O)OCC(=O)N3[C@H](C)CCC[C@@H]3C)c(C)c2c1. The van der Waals surface area contributed by atoms with Crippen molar-refractivity contribution in [3.8, 4) is 5.75 Å². The minimum absolute atomic E-state index is 0.126. The number of likely N-dealkylation sites (tertiary alicyclic amines) is 1. The van der Waals surface area contributed by atoms with Gasteiger partial charge in [-0.3, -0.25) is 4.79 Å². The lowest BCUT2D eigenvalue weighted by Crippen LogP contribution is -2.49. The lowest BCUT2D eigenvalue weighted by Gasteiger charge is -2.38. The van der Waals surface area contributed by atoms with E-state index in [4.69, 9.17) is 13.9 Å². The first-order chi connectivity index (χ1) is 12.4. The van der Waals surface area contributed by atoms with Crippen molar-refractivity contribution in [1.82, 2.24) is 4.90 Å². The molecule has 2 atom stereocenters. The van der Waals surface area contributed by atoms with Gasteiger partial charge in [0.05, 0.1) is 7.11 Å². The minimum Gasteiger partial charge on any atom is -0.497 e. The van der Waals surface area contributed by atoms with E-state index in [0.717, 1.165) is 24.6 Å². The molecule has 0 spiro atoms. The molecule has 1 amide bonds. The van der Waals surface area contributed by atoms with Crippen molar-refractivity contribution in [2.45, 2.75) is 52.1 Å². The van der Waals surface area contributed by atoms with Crippen molar-refractivity contribution >= 4 is 22.8 Å². The number of hydrogen-bond acceptors (Lipinski definition) is 5. The third-order valence-electron chi connectivity index (χ3n) is 5.14. The summed E-state index contributed by atoms with van der Waals surface area (Å²) in [6.45, 7) is 5.59. The lowest BCUT2D eigenvalue weighted by atomic mass is 9.97. The van der Waals surface area contributed by atoms with Gasteiger partial charge in [-0.15, -0.1) is 0 Å². The molecule has 0 unspecified atom stereocenters. The summed E-state index contributed by atoms with van der Waals surface area (Å²) in [6.07, 6.45) is 3.08. The van der Waals surface area contributed by atoms with Gasteiger partial charge in [-0.25, -0.2) is 4.79 Å². The van der Waals surface area contributed by atoms with Gasteiger partial charge in [-0.2, -0.15) is 0 Å². The second-order valence-electron chi connectivity index (χ2n) is 6.92. The number of carbonyl (C=O) groups excluding carboxylic acids is 2. The fraction of sp³-hybridized carbons (Fsp3) is 0.500. The number of rotatable bonds is 4.